The zero-order chi connectivity index (χ0) is 17.6. The van der Waals surface area contributed by atoms with Crippen LogP contribution in [-0.2, 0) is 0 Å². The summed E-state index contributed by atoms with van der Waals surface area (Å²) in [4.78, 5) is 19.4. The van der Waals surface area contributed by atoms with Crippen LogP contribution in [0.2, 0.25) is 5.02 Å². The minimum absolute atomic E-state index is 0. The van der Waals surface area contributed by atoms with Crippen molar-refractivity contribution < 1.29 is 9.53 Å². The van der Waals surface area contributed by atoms with Crippen LogP contribution in [0.25, 0.3) is 0 Å². The molecular weight excluding hydrogens is 416 g/mol. The molecule has 2 aromatic carbocycles. The number of ketones is 1. The van der Waals surface area contributed by atoms with Crippen molar-refractivity contribution in [3.63, 3.8) is 0 Å². The van der Waals surface area contributed by atoms with Gasteiger partial charge < -0.3 is 9.64 Å². The van der Waals surface area contributed by atoms with E-state index in [9.17, 15) is 4.79 Å². The summed E-state index contributed by atoms with van der Waals surface area (Å²) in [7, 11) is 1.64. The summed E-state index contributed by atoms with van der Waals surface area (Å²) in [6.45, 7) is 1.07. The van der Waals surface area contributed by atoms with Crippen molar-refractivity contribution >= 4 is 45.9 Å². The lowest BCUT2D eigenvalue weighted by molar-refractivity contribution is 0.100. The van der Waals surface area contributed by atoms with Crippen LogP contribution in [0.1, 0.15) is 29.6 Å². The molecule has 26 heavy (non-hydrogen) atoms. The highest BCUT2D eigenvalue weighted by molar-refractivity contribution is 8.93. The van der Waals surface area contributed by atoms with Crippen LogP contribution in [-0.4, -0.2) is 31.8 Å². The van der Waals surface area contributed by atoms with E-state index in [1.54, 1.807) is 31.4 Å². The maximum absolute atomic E-state index is 12.7. The van der Waals surface area contributed by atoms with E-state index < -0.39 is 0 Å². The lowest BCUT2D eigenvalue weighted by atomic mass is 10.1. The van der Waals surface area contributed by atoms with Crippen LogP contribution in [0.4, 0.5) is 5.69 Å². The van der Waals surface area contributed by atoms with Crippen molar-refractivity contribution in [2.24, 2.45) is 4.99 Å². The molecule has 3 rings (SSSR count). The van der Waals surface area contributed by atoms with E-state index in [1.807, 2.05) is 29.2 Å². The number of methoxy groups -OCH3 is 1. The summed E-state index contributed by atoms with van der Waals surface area (Å²) >= 11 is 5.92. The number of ether oxygens (including phenoxy) is 1. The average Bonchev–Trinajstić information content (AvgIpc) is 2.67. The predicted molar refractivity (Wildman–Crippen MR) is 113 cm³/mol. The molecule has 0 spiro atoms. The Labute approximate surface area is 169 Å². The van der Waals surface area contributed by atoms with Gasteiger partial charge in [-0.1, -0.05) is 11.6 Å². The van der Waals surface area contributed by atoms with Gasteiger partial charge in [0.2, 0.25) is 0 Å². The Balaban J connectivity index is 0.00000243. The van der Waals surface area contributed by atoms with Crippen molar-refractivity contribution in [3.8, 4) is 5.75 Å². The Morgan fingerprint density at radius 2 is 1.81 bits per heavy atom. The Morgan fingerprint density at radius 1 is 1.12 bits per heavy atom. The molecular formula is C20H22BrClN2O2. The number of anilines is 1. The largest absolute Gasteiger partial charge is 0.497 e. The first-order valence-electron chi connectivity index (χ1n) is 8.41. The quantitative estimate of drug-likeness (QED) is 0.604. The minimum Gasteiger partial charge on any atom is -0.497 e. The maximum atomic E-state index is 12.7. The lowest BCUT2D eigenvalue weighted by Crippen LogP contribution is -2.37. The summed E-state index contributed by atoms with van der Waals surface area (Å²) in [5, 5.41) is 0.625. The zero-order valence-corrected chi connectivity index (χ0v) is 17.1. The lowest BCUT2D eigenvalue weighted by Gasteiger charge is -2.28. The van der Waals surface area contributed by atoms with Crippen molar-refractivity contribution in [2.75, 3.05) is 25.1 Å². The van der Waals surface area contributed by atoms with Crippen molar-refractivity contribution in [3.05, 3.63) is 59.1 Å². The molecule has 0 radical (unpaired) electrons. The molecule has 138 valence electrons. The molecule has 6 heteroatoms. The molecule has 1 heterocycles. The highest BCUT2D eigenvalue weighted by Crippen LogP contribution is 2.23. The van der Waals surface area contributed by atoms with Gasteiger partial charge in [0.25, 0.3) is 0 Å². The molecule has 1 aliphatic rings. The van der Waals surface area contributed by atoms with Gasteiger partial charge >= 0.3 is 0 Å². The molecule has 0 bridgehead atoms. The second-order valence-electron chi connectivity index (χ2n) is 5.97. The number of carbonyl (C=O) groups is 1. The SMILES string of the molecule is Br.COc1ccc(N(CC(=O)c2ccc(Cl)cc2)C2=NCCCC2)cc1. The molecule has 0 unspecified atom stereocenters. The first-order valence-corrected chi connectivity index (χ1v) is 8.79. The molecule has 2 aromatic rings. The van der Waals surface area contributed by atoms with Crippen molar-refractivity contribution in [1.29, 1.82) is 0 Å². The number of halogens is 2. The molecule has 0 fully saturated rings. The van der Waals surface area contributed by atoms with E-state index in [1.165, 1.54) is 0 Å². The van der Waals surface area contributed by atoms with E-state index in [0.29, 0.717) is 10.6 Å². The standard InChI is InChI=1S/C20H21ClN2O2.BrH/c1-25-18-11-9-17(10-12-18)23(20-4-2-3-13-22-20)14-19(24)15-5-7-16(21)8-6-15;/h5-12H,2-4,13-14H2,1H3;1H. The minimum atomic E-state index is 0. The molecule has 0 saturated heterocycles. The number of hydrogen-bond donors (Lipinski definition) is 0. The molecule has 0 aromatic heterocycles. The fraction of sp³-hybridized carbons (Fsp3) is 0.300. The summed E-state index contributed by atoms with van der Waals surface area (Å²) < 4.78 is 5.23. The van der Waals surface area contributed by atoms with Gasteiger partial charge in [0.1, 0.15) is 11.6 Å². The Kier molecular flexibility index (Phi) is 7.66. The normalized spacial score (nSPS) is 13.4. The van der Waals surface area contributed by atoms with Crippen LogP contribution in [0.3, 0.4) is 0 Å². The van der Waals surface area contributed by atoms with E-state index in [2.05, 4.69) is 4.99 Å². The highest BCUT2D eigenvalue weighted by atomic mass is 79.9. The van der Waals surface area contributed by atoms with Gasteiger partial charge in [0, 0.05) is 29.2 Å². The molecule has 1 aliphatic heterocycles. The second-order valence-corrected chi connectivity index (χ2v) is 6.41. The molecule has 0 atom stereocenters. The van der Waals surface area contributed by atoms with E-state index in [-0.39, 0.29) is 29.3 Å². The molecule has 0 amide bonds. The van der Waals surface area contributed by atoms with Crippen molar-refractivity contribution in [2.45, 2.75) is 19.3 Å². The Morgan fingerprint density at radius 3 is 2.38 bits per heavy atom. The van der Waals surface area contributed by atoms with Gasteiger partial charge in [-0.25, -0.2) is 0 Å². The number of amidine groups is 1. The summed E-state index contributed by atoms with van der Waals surface area (Å²) in [5.41, 5.74) is 1.60. The third-order valence-electron chi connectivity index (χ3n) is 4.27. The van der Waals surface area contributed by atoms with Crippen LogP contribution in [0.5, 0.6) is 5.75 Å². The summed E-state index contributed by atoms with van der Waals surface area (Å²) in [5.74, 6) is 1.80. The van der Waals surface area contributed by atoms with Gasteiger partial charge in [-0.3, -0.25) is 9.79 Å². The number of hydrogen-bond acceptors (Lipinski definition) is 4. The van der Waals surface area contributed by atoms with Gasteiger partial charge in [0.15, 0.2) is 5.78 Å². The van der Waals surface area contributed by atoms with Crippen LogP contribution in [0, 0.1) is 0 Å². The first-order chi connectivity index (χ1) is 12.2. The van der Waals surface area contributed by atoms with Gasteiger partial charge in [-0.2, -0.15) is 0 Å². The smallest absolute Gasteiger partial charge is 0.182 e. The summed E-state index contributed by atoms with van der Waals surface area (Å²) in [6.07, 6.45) is 3.09. The topological polar surface area (TPSA) is 41.9 Å². The maximum Gasteiger partial charge on any atom is 0.182 e. The molecule has 0 saturated carbocycles. The van der Waals surface area contributed by atoms with Gasteiger partial charge in [0.05, 0.1) is 13.7 Å². The fourth-order valence-electron chi connectivity index (χ4n) is 2.87. The zero-order valence-electron chi connectivity index (χ0n) is 14.7. The number of aliphatic imine (C=N–C) groups is 1. The Bertz CT molecular complexity index is 760. The van der Waals surface area contributed by atoms with Crippen LogP contribution in [0.15, 0.2) is 53.5 Å². The van der Waals surface area contributed by atoms with Crippen LogP contribution >= 0.6 is 28.6 Å². The monoisotopic (exact) mass is 436 g/mol. The number of nitrogens with zero attached hydrogens (tertiary/aromatic N) is 2. The molecule has 0 aliphatic carbocycles. The van der Waals surface area contributed by atoms with E-state index in [0.717, 1.165) is 43.1 Å². The van der Waals surface area contributed by atoms with E-state index in [4.69, 9.17) is 16.3 Å². The Hall–Kier alpha value is -1.85. The fourth-order valence-corrected chi connectivity index (χ4v) is 2.99. The molecule has 0 N–H and O–H groups in total. The first kappa shape index (κ1) is 20.5. The summed E-state index contributed by atoms with van der Waals surface area (Å²) in [6, 6.07) is 14.7. The predicted octanol–water partition coefficient (Wildman–Crippen LogP) is 5.20. The average molecular weight is 438 g/mol. The van der Waals surface area contributed by atoms with Crippen LogP contribution < -0.4 is 9.64 Å². The van der Waals surface area contributed by atoms with Gasteiger partial charge in [-0.05, 0) is 61.4 Å². The highest BCUT2D eigenvalue weighted by Gasteiger charge is 2.20. The van der Waals surface area contributed by atoms with Gasteiger partial charge in [-0.15, -0.1) is 17.0 Å². The van der Waals surface area contributed by atoms with Crippen molar-refractivity contribution in [1.82, 2.24) is 0 Å². The number of rotatable bonds is 5. The number of carbonyl (C=O) groups excluding carboxylic acids is 1. The third-order valence-corrected chi connectivity index (χ3v) is 4.52. The number of benzene rings is 2. The number of Topliss-reactive ketones (excluding diaryl/α,β-unsaturated/α-hetero) is 1. The third kappa shape index (κ3) is 5.08. The van der Waals surface area contributed by atoms with E-state index >= 15 is 0 Å². The second kappa shape index (κ2) is 9.74. The molecule has 4 nitrogen and oxygen atoms in total.